The van der Waals surface area contributed by atoms with Crippen molar-refractivity contribution in [3.05, 3.63) is 65.2 Å². The van der Waals surface area contributed by atoms with E-state index in [1.54, 1.807) is 11.9 Å². The molecule has 0 aliphatic carbocycles. The molecule has 3 rings (SSSR count). The van der Waals surface area contributed by atoms with E-state index in [1.165, 1.54) is 10.5 Å². The topological polar surface area (TPSA) is 69.7 Å². The second-order valence-corrected chi connectivity index (χ2v) is 7.99. The third-order valence-electron chi connectivity index (χ3n) is 5.58. The molecule has 1 N–H and O–H groups in total. The Morgan fingerprint density at radius 2 is 1.73 bits per heavy atom. The molecule has 1 saturated heterocycles. The number of carbonyl (C=O) groups excluding carboxylic acids is 3. The minimum Gasteiger partial charge on any atom is -0.342 e. The van der Waals surface area contributed by atoms with Gasteiger partial charge in [-0.3, -0.25) is 14.4 Å². The molecule has 0 radical (unpaired) electrons. The fraction of sp³-hybridized carbons (Fsp3) is 0.375. The number of hydrogen-bond acceptors (Lipinski definition) is 3. The maximum absolute atomic E-state index is 12.8. The van der Waals surface area contributed by atoms with Crippen LogP contribution in [0.5, 0.6) is 0 Å². The molecule has 1 aliphatic rings. The first-order valence-corrected chi connectivity index (χ1v) is 10.3. The van der Waals surface area contributed by atoms with Gasteiger partial charge in [0.15, 0.2) is 0 Å². The second-order valence-electron chi connectivity index (χ2n) is 7.99. The predicted molar refractivity (Wildman–Crippen MR) is 117 cm³/mol. The van der Waals surface area contributed by atoms with Crippen molar-refractivity contribution >= 4 is 23.4 Å². The third-order valence-corrected chi connectivity index (χ3v) is 5.58. The average molecular weight is 408 g/mol. The fourth-order valence-electron chi connectivity index (χ4n) is 3.86. The zero-order valence-electron chi connectivity index (χ0n) is 17.9. The minimum absolute atomic E-state index is 0.00216. The van der Waals surface area contributed by atoms with Crippen molar-refractivity contribution in [1.82, 2.24) is 9.80 Å². The van der Waals surface area contributed by atoms with Gasteiger partial charge in [0, 0.05) is 32.2 Å². The van der Waals surface area contributed by atoms with E-state index in [1.807, 2.05) is 62.4 Å². The van der Waals surface area contributed by atoms with Crippen LogP contribution in [0.1, 0.15) is 23.1 Å². The molecule has 0 bridgehead atoms. The number of aryl methyl sites for hydroxylation is 2. The Morgan fingerprint density at radius 3 is 2.40 bits per heavy atom. The van der Waals surface area contributed by atoms with Gasteiger partial charge >= 0.3 is 0 Å². The van der Waals surface area contributed by atoms with Crippen molar-refractivity contribution < 1.29 is 14.4 Å². The van der Waals surface area contributed by atoms with Gasteiger partial charge < -0.3 is 15.1 Å². The van der Waals surface area contributed by atoms with Crippen LogP contribution >= 0.6 is 0 Å². The molecule has 0 aromatic heterocycles. The summed E-state index contributed by atoms with van der Waals surface area (Å²) in [6, 6.07) is 15.8. The van der Waals surface area contributed by atoms with Gasteiger partial charge in [-0.05, 0) is 37.0 Å². The SMILES string of the molecule is Cc1cccc(C)c1NC(=O)CN(C)C(=O)C1CC(=O)N(CCc2ccccc2)C1. The Labute approximate surface area is 177 Å². The van der Waals surface area contributed by atoms with E-state index < -0.39 is 5.92 Å². The van der Waals surface area contributed by atoms with Crippen molar-refractivity contribution in [2.75, 3.05) is 32.0 Å². The lowest BCUT2D eigenvalue weighted by molar-refractivity contribution is -0.137. The number of hydrogen-bond donors (Lipinski definition) is 1. The number of nitrogens with zero attached hydrogens (tertiary/aromatic N) is 2. The minimum atomic E-state index is -0.397. The van der Waals surface area contributed by atoms with E-state index in [0.717, 1.165) is 23.2 Å². The van der Waals surface area contributed by atoms with E-state index in [0.29, 0.717) is 13.1 Å². The predicted octanol–water partition coefficient (Wildman–Crippen LogP) is 2.79. The number of amides is 3. The molecule has 1 unspecified atom stereocenters. The maximum Gasteiger partial charge on any atom is 0.243 e. The number of likely N-dealkylation sites (tertiary alicyclic amines) is 1. The van der Waals surface area contributed by atoms with E-state index in [-0.39, 0.29) is 30.7 Å². The lowest BCUT2D eigenvalue weighted by Gasteiger charge is -2.21. The van der Waals surface area contributed by atoms with E-state index >= 15 is 0 Å². The Balaban J connectivity index is 1.52. The van der Waals surface area contributed by atoms with E-state index in [9.17, 15) is 14.4 Å². The molecule has 2 aromatic rings. The van der Waals surface area contributed by atoms with E-state index in [4.69, 9.17) is 0 Å². The number of likely N-dealkylation sites (N-methyl/N-ethyl adjacent to an activating group) is 1. The molecule has 3 amide bonds. The zero-order chi connectivity index (χ0) is 21.7. The zero-order valence-corrected chi connectivity index (χ0v) is 17.9. The van der Waals surface area contributed by atoms with Crippen LogP contribution in [0, 0.1) is 19.8 Å². The number of nitrogens with one attached hydrogen (secondary N) is 1. The highest BCUT2D eigenvalue weighted by Crippen LogP contribution is 2.21. The van der Waals surface area contributed by atoms with Crippen LogP contribution in [0.4, 0.5) is 5.69 Å². The van der Waals surface area contributed by atoms with E-state index in [2.05, 4.69) is 5.32 Å². The Kier molecular flexibility index (Phi) is 6.87. The lowest BCUT2D eigenvalue weighted by atomic mass is 10.1. The van der Waals surface area contributed by atoms with Crippen molar-refractivity contribution in [2.24, 2.45) is 5.92 Å². The summed E-state index contributed by atoms with van der Waals surface area (Å²) >= 11 is 0. The van der Waals surface area contributed by atoms with Crippen molar-refractivity contribution in [3.63, 3.8) is 0 Å². The molecular weight excluding hydrogens is 378 g/mol. The Bertz CT molecular complexity index is 906. The highest BCUT2D eigenvalue weighted by atomic mass is 16.2. The lowest BCUT2D eigenvalue weighted by Crippen LogP contribution is -2.39. The molecule has 1 fully saturated rings. The highest BCUT2D eigenvalue weighted by Gasteiger charge is 2.35. The fourth-order valence-corrected chi connectivity index (χ4v) is 3.86. The van der Waals surface area contributed by atoms with Gasteiger partial charge in [-0.2, -0.15) is 0 Å². The molecule has 0 saturated carbocycles. The average Bonchev–Trinajstić information content (AvgIpc) is 3.10. The molecule has 2 aromatic carbocycles. The van der Waals surface area contributed by atoms with Crippen LogP contribution < -0.4 is 5.32 Å². The normalized spacial score (nSPS) is 15.9. The summed E-state index contributed by atoms with van der Waals surface area (Å²) < 4.78 is 0. The van der Waals surface area contributed by atoms with Gasteiger partial charge in [0.25, 0.3) is 0 Å². The number of rotatable bonds is 7. The molecular formula is C24H29N3O3. The largest absolute Gasteiger partial charge is 0.342 e. The molecule has 6 nitrogen and oxygen atoms in total. The quantitative estimate of drug-likeness (QED) is 0.767. The Morgan fingerprint density at radius 1 is 1.07 bits per heavy atom. The van der Waals surface area contributed by atoms with Crippen LogP contribution in [-0.4, -0.2) is 54.2 Å². The van der Waals surface area contributed by atoms with Gasteiger partial charge in [-0.15, -0.1) is 0 Å². The van der Waals surface area contributed by atoms with Crippen molar-refractivity contribution in [3.8, 4) is 0 Å². The van der Waals surface area contributed by atoms with Crippen molar-refractivity contribution in [2.45, 2.75) is 26.7 Å². The standard InChI is InChI=1S/C24H29N3O3/c1-17-8-7-9-18(2)23(17)25-21(28)16-26(3)24(30)20-14-22(29)27(15-20)13-12-19-10-5-4-6-11-19/h4-11,20H,12-16H2,1-3H3,(H,25,28). The van der Waals surface area contributed by atoms with Crippen LogP contribution in [-0.2, 0) is 20.8 Å². The maximum atomic E-state index is 12.8. The van der Waals surface area contributed by atoms with Crippen LogP contribution in [0.15, 0.2) is 48.5 Å². The second kappa shape index (κ2) is 9.57. The Hall–Kier alpha value is -3.15. The molecule has 1 heterocycles. The summed E-state index contributed by atoms with van der Waals surface area (Å²) in [5.41, 5.74) is 3.91. The summed E-state index contributed by atoms with van der Waals surface area (Å²) in [5.74, 6) is -0.806. The molecule has 30 heavy (non-hydrogen) atoms. The number of anilines is 1. The van der Waals surface area contributed by atoms with Gasteiger partial charge in [0.1, 0.15) is 0 Å². The molecule has 158 valence electrons. The van der Waals surface area contributed by atoms with Gasteiger partial charge in [-0.1, -0.05) is 48.5 Å². The first kappa shape index (κ1) is 21.6. The summed E-state index contributed by atoms with van der Waals surface area (Å²) in [4.78, 5) is 40.8. The highest BCUT2D eigenvalue weighted by molar-refractivity contribution is 5.97. The van der Waals surface area contributed by atoms with Crippen LogP contribution in [0.25, 0.3) is 0 Å². The number of para-hydroxylation sites is 1. The third kappa shape index (κ3) is 5.26. The summed E-state index contributed by atoms with van der Waals surface area (Å²) in [5, 5.41) is 2.90. The first-order chi connectivity index (χ1) is 14.3. The summed E-state index contributed by atoms with van der Waals surface area (Å²) in [6.07, 6.45) is 0.970. The monoisotopic (exact) mass is 407 g/mol. The van der Waals surface area contributed by atoms with Gasteiger partial charge in [-0.25, -0.2) is 0 Å². The smallest absolute Gasteiger partial charge is 0.243 e. The molecule has 1 aliphatic heterocycles. The summed E-state index contributed by atoms with van der Waals surface area (Å²) in [6.45, 7) is 4.84. The number of carbonyl (C=O) groups is 3. The van der Waals surface area contributed by atoms with Gasteiger partial charge in [0.2, 0.25) is 17.7 Å². The van der Waals surface area contributed by atoms with Crippen LogP contribution in [0.3, 0.4) is 0 Å². The molecule has 1 atom stereocenters. The molecule has 0 spiro atoms. The van der Waals surface area contributed by atoms with Crippen LogP contribution in [0.2, 0.25) is 0 Å². The number of benzene rings is 2. The van der Waals surface area contributed by atoms with Gasteiger partial charge in [0.05, 0.1) is 12.5 Å². The van der Waals surface area contributed by atoms with Crippen molar-refractivity contribution in [1.29, 1.82) is 0 Å². The molecule has 6 heteroatoms. The summed E-state index contributed by atoms with van der Waals surface area (Å²) in [7, 11) is 1.61. The first-order valence-electron chi connectivity index (χ1n) is 10.3.